The molecule has 2 rings (SSSR count). The van der Waals surface area contributed by atoms with E-state index < -0.39 is 0 Å². The molecule has 2 aromatic carbocycles. The smallest absolute Gasteiger partial charge is 0.244 e. The summed E-state index contributed by atoms with van der Waals surface area (Å²) in [5.74, 6) is 0.0664. The standard InChI is InChI=1S/C20H24N2O2/c1-14(2)17-7-9-18(10-8-17)21-20(24)13-22(16(4)23)19-11-5-15(3)6-12-19/h5-12,14H,13H2,1-4H3,(H,21,24). The number of benzene rings is 2. The van der Waals surface area contributed by atoms with Crippen LogP contribution in [0.2, 0.25) is 0 Å². The Morgan fingerprint density at radius 3 is 2.08 bits per heavy atom. The lowest BCUT2D eigenvalue weighted by molar-refractivity contribution is -0.120. The molecule has 126 valence electrons. The van der Waals surface area contributed by atoms with E-state index in [2.05, 4.69) is 19.2 Å². The fraction of sp³-hybridized carbons (Fsp3) is 0.300. The molecule has 4 heteroatoms. The van der Waals surface area contributed by atoms with E-state index in [-0.39, 0.29) is 18.4 Å². The molecule has 0 unspecified atom stereocenters. The first-order valence-corrected chi connectivity index (χ1v) is 8.11. The summed E-state index contributed by atoms with van der Waals surface area (Å²) in [6.07, 6.45) is 0. The van der Waals surface area contributed by atoms with Crippen molar-refractivity contribution < 1.29 is 9.59 Å². The van der Waals surface area contributed by atoms with Gasteiger partial charge in [-0.1, -0.05) is 43.7 Å². The number of rotatable bonds is 5. The lowest BCUT2D eigenvalue weighted by Crippen LogP contribution is -2.36. The molecule has 2 amide bonds. The second-order valence-electron chi connectivity index (χ2n) is 6.27. The van der Waals surface area contributed by atoms with E-state index in [0.717, 1.165) is 16.9 Å². The highest BCUT2D eigenvalue weighted by molar-refractivity contribution is 6.01. The average molecular weight is 324 g/mol. The van der Waals surface area contributed by atoms with Gasteiger partial charge >= 0.3 is 0 Å². The molecule has 0 radical (unpaired) electrons. The Morgan fingerprint density at radius 2 is 1.58 bits per heavy atom. The van der Waals surface area contributed by atoms with Crippen LogP contribution in [0.1, 0.15) is 37.8 Å². The molecule has 2 aromatic rings. The quantitative estimate of drug-likeness (QED) is 0.900. The van der Waals surface area contributed by atoms with Crippen molar-refractivity contribution in [3.8, 4) is 0 Å². The lowest BCUT2D eigenvalue weighted by Gasteiger charge is -2.21. The van der Waals surface area contributed by atoms with Crippen molar-refractivity contribution in [3.63, 3.8) is 0 Å². The van der Waals surface area contributed by atoms with E-state index >= 15 is 0 Å². The van der Waals surface area contributed by atoms with Crippen molar-refractivity contribution in [2.75, 3.05) is 16.8 Å². The van der Waals surface area contributed by atoms with Gasteiger partial charge in [-0.3, -0.25) is 9.59 Å². The Morgan fingerprint density at radius 1 is 1.00 bits per heavy atom. The van der Waals surface area contributed by atoms with Crippen LogP contribution in [0.25, 0.3) is 0 Å². The third-order valence-corrected chi connectivity index (χ3v) is 3.89. The van der Waals surface area contributed by atoms with Crippen LogP contribution in [0, 0.1) is 6.92 Å². The molecular formula is C20H24N2O2. The number of carbonyl (C=O) groups excluding carboxylic acids is 2. The molecule has 0 fully saturated rings. The van der Waals surface area contributed by atoms with Crippen LogP contribution in [0.3, 0.4) is 0 Å². The largest absolute Gasteiger partial charge is 0.325 e. The van der Waals surface area contributed by atoms with Crippen LogP contribution < -0.4 is 10.2 Å². The van der Waals surface area contributed by atoms with Gasteiger partial charge in [-0.2, -0.15) is 0 Å². The number of hydrogen-bond acceptors (Lipinski definition) is 2. The molecule has 0 spiro atoms. The number of anilines is 2. The fourth-order valence-electron chi connectivity index (χ4n) is 2.40. The van der Waals surface area contributed by atoms with Crippen molar-refractivity contribution in [1.29, 1.82) is 0 Å². The van der Waals surface area contributed by atoms with Gasteiger partial charge in [-0.15, -0.1) is 0 Å². The van der Waals surface area contributed by atoms with Crippen molar-refractivity contribution in [2.45, 2.75) is 33.6 Å². The van der Waals surface area contributed by atoms with Gasteiger partial charge in [0.1, 0.15) is 6.54 Å². The summed E-state index contributed by atoms with van der Waals surface area (Å²) in [4.78, 5) is 25.6. The normalized spacial score (nSPS) is 10.5. The Kier molecular flexibility index (Phi) is 5.74. The second kappa shape index (κ2) is 7.77. The summed E-state index contributed by atoms with van der Waals surface area (Å²) in [6.45, 7) is 7.68. The molecular weight excluding hydrogens is 300 g/mol. The molecule has 0 aliphatic carbocycles. The summed E-state index contributed by atoms with van der Waals surface area (Å²) in [5.41, 5.74) is 3.78. The van der Waals surface area contributed by atoms with Crippen LogP contribution in [0.15, 0.2) is 48.5 Å². The molecule has 0 aliphatic rings. The number of hydrogen-bond donors (Lipinski definition) is 1. The Labute approximate surface area is 143 Å². The van der Waals surface area contributed by atoms with Crippen LogP contribution >= 0.6 is 0 Å². The molecule has 4 nitrogen and oxygen atoms in total. The summed E-state index contributed by atoms with van der Waals surface area (Å²) in [5, 5.41) is 2.84. The average Bonchev–Trinajstić information content (AvgIpc) is 2.54. The highest BCUT2D eigenvalue weighted by atomic mass is 16.2. The number of nitrogens with one attached hydrogen (secondary N) is 1. The predicted octanol–water partition coefficient (Wildman–Crippen LogP) is 4.11. The molecule has 1 N–H and O–H groups in total. The van der Waals surface area contributed by atoms with Gasteiger partial charge in [0, 0.05) is 18.3 Å². The molecule has 0 atom stereocenters. The second-order valence-corrected chi connectivity index (χ2v) is 6.27. The van der Waals surface area contributed by atoms with E-state index in [9.17, 15) is 9.59 Å². The maximum Gasteiger partial charge on any atom is 0.244 e. The topological polar surface area (TPSA) is 49.4 Å². The Balaban J connectivity index is 2.05. The van der Waals surface area contributed by atoms with E-state index in [0.29, 0.717) is 5.92 Å². The summed E-state index contributed by atoms with van der Waals surface area (Å²) in [6, 6.07) is 15.3. The van der Waals surface area contributed by atoms with Crippen molar-refractivity contribution in [2.24, 2.45) is 0 Å². The minimum Gasteiger partial charge on any atom is -0.325 e. The van der Waals surface area contributed by atoms with Gasteiger partial charge in [0.15, 0.2) is 0 Å². The zero-order chi connectivity index (χ0) is 17.7. The van der Waals surface area contributed by atoms with Gasteiger partial charge in [-0.05, 0) is 42.7 Å². The fourth-order valence-corrected chi connectivity index (χ4v) is 2.40. The van der Waals surface area contributed by atoms with Crippen LogP contribution in [0.4, 0.5) is 11.4 Å². The van der Waals surface area contributed by atoms with E-state index in [4.69, 9.17) is 0 Å². The SMILES string of the molecule is CC(=O)N(CC(=O)Nc1ccc(C(C)C)cc1)c1ccc(C)cc1. The highest BCUT2D eigenvalue weighted by Gasteiger charge is 2.15. The first kappa shape index (κ1) is 17.7. The molecule has 0 aliphatic heterocycles. The lowest BCUT2D eigenvalue weighted by atomic mass is 10.0. The molecule has 0 heterocycles. The number of aryl methyl sites for hydroxylation is 1. The van der Waals surface area contributed by atoms with Crippen LogP contribution in [-0.4, -0.2) is 18.4 Å². The highest BCUT2D eigenvalue weighted by Crippen LogP contribution is 2.18. The van der Waals surface area contributed by atoms with Gasteiger partial charge in [-0.25, -0.2) is 0 Å². The van der Waals surface area contributed by atoms with Crippen LogP contribution in [0.5, 0.6) is 0 Å². The number of amides is 2. The van der Waals surface area contributed by atoms with E-state index in [1.807, 2.05) is 55.5 Å². The Hall–Kier alpha value is -2.62. The van der Waals surface area contributed by atoms with Crippen molar-refractivity contribution in [3.05, 3.63) is 59.7 Å². The zero-order valence-corrected chi connectivity index (χ0v) is 14.7. The third-order valence-electron chi connectivity index (χ3n) is 3.89. The molecule has 24 heavy (non-hydrogen) atoms. The first-order chi connectivity index (χ1) is 11.4. The minimum atomic E-state index is -0.219. The molecule has 0 saturated carbocycles. The third kappa shape index (κ3) is 4.69. The summed E-state index contributed by atoms with van der Waals surface area (Å²) >= 11 is 0. The zero-order valence-electron chi connectivity index (χ0n) is 14.7. The van der Waals surface area contributed by atoms with E-state index in [1.165, 1.54) is 17.4 Å². The maximum atomic E-state index is 12.3. The predicted molar refractivity (Wildman–Crippen MR) is 98.4 cm³/mol. The molecule has 0 bridgehead atoms. The van der Waals surface area contributed by atoms with Crippen molar-refractivity contribution in [1.82, 2.24) is 0 Å². The summed E-state index contributed by atoms with van der Waals surface area (Å²) in [7, 11) is 0. The van der Waals surface area contributed by atoms with Gasteiger partial charge in [0.25, 0.3) is 0 Å². The monoisotopic (exact) mass is 324 g/mol. The Bertz CT molecular complexity index is 703. The van der Waals surface area contributed by atoms with Crippen molar-refractivity contribution >= 4 is 23.2 Å². The van der Waals surface area contributed by atoms with Gasteiger partial charge < -0.3 is 10.2 Å². The van der Waals surface area contributed by atoms with Gasteiger partial charge in [0.05, 0.1) is 0 Å². The van der Waals surface area contributed by atoms with Crippen LogP contribution in [-0.2, 0) is 9.59 Å². The van der Waals surface area contributed by atoms with E-state index in [1.54, 1.807) is 0 Å². The number of carbonyl (C=O) groups is 2. The van der Waals surface area contributed by atoms with Gasteiger partial charge in [0.2, 0.25) is 11.8 Å². The molecule has 0 saturated heterocycles. The maximum absolute atomic E-state index is 12.3. The number of nitrogens with zero attached hydrogens (tertiary/aromatic N) is 1. The minimum absolute atomic E-state index is 0.00960. The molecule has 0 aromatic heterocycles. The summed E-state index contributed by atoms with van der Waals surface area (Å²) < 4.78 is 0. The first-order valence-electron chi connectivity index (χ1n) is 8.11.